The highest BCUT2D eigenvalue weighted by Crippen LogP contribution is 2.31. The van der Waals surface area contributed by atoms with Gasteiger partial charge in [-0.3, -0.25) is 4.79 Å². The summed E-state index contributed by atoms with van der Waals surface area (Å²) in [5, 5.41) is 5.27. The lowest BCUT2D eigenvalue weighted by molar-refractivity contribution is -0.137. The van der Waals surface area contributed by atoms with Crippen LogP contribution in [0.2, 0.25) is 0 Å². The fraction of sp³-hybridized carbons (Fsp3) is 0.500. The first-order chi connectivity index (χ1) is 12.6. The Kier molecular flexibility index (Phi) is 5.16. The second-order valence-electron chi connectivity index (χ2n) is 7.53. The number of hydrogen-bond donors (Lipinski definition) is 1. The maximum Gasteiger partial charge on any atom is 0.417 e. The summed E-state index contributed by atoms with van der Waals surface area (Å²) in [6.07, 6.45) is -2.24. The largest absolute Gasteiger partial charge is 0.417 e. The summed E-state index contributed by atoms with van der Waals surface area (Å²) < 4.78 is 38.1. The summed E-state index contributed by atoms with van der Waals surface area (Å²) in [5.74, 6) is 0.152. The molecule has 1 fully saturated rings. The van der Waals surface area contributed by atoms with Crippen LogP contribution in [-0.2, 0) is 16.4 Å². The molecular weight excluding hydrogens is 377 g/mol. The molecule has 2 aromatic rings. The number of carbonyl (C=O) groups is 1. The molecular formula is C18H21F3N4OS. The molecule has 0 radical (unpaired) electrons. The van der Waals surface area contributed by atoms with Crippen molar-refractivity contribution in [2.45, 2.75) is 51.2 Å². The van der Waals surface area contributed by atoms with Crippen molar-refractivity contribution in [1.82, 2.24) is 9.97 Å². The SMILES string of the molecule is CC(C)(C)c1csc(NC(=O)[C@@H]2CCCN2c2ccc(C(F)(F)F)cn2)n1. The van der Waals surface area contributed by atoms with Crippen LogP contribution < -0.4 is 10.2 Å². The van der Waals surface area contributed by atoms with Gasteiger partial charge in [0.15, 0.2) is 5.13 Å². The Morgan fingerprint density at radius 2 is 2.04 bits per heavy atom. The number of carbonyl (C=O) groups excluding carboxylic acids is 1. The Bertz CT molecular complexity index is 811. The summed E-state index contributed by atoms with van der Waals surface area (Å²) >= 11 is 1.36. The summed E-state index contributed by atoms with van der Waals surface area (Å²) in [6, 6.07) is 1.83. The fourth-order valence-corrected chi connectivity index (χ4v) is 3.84. The fourth-order valence-electron chi connectivity index (χ4n) is 2.90. The summed E-state index contributed by atoms with van der Waals surface area (Å²) in [7, 11) is 0. The summed E-state index contributed by atoms with van der Waals surface area (Å²) in [4.78, 5) is 22.8. The van der Waals surface area contributed by atoms with E-state index in [2.05, 4.69) is 15.3 Å². The molecule has 1 aliphatic heterocycles. The third-order valence-corrected chi connectivity index (χ3v) is 5.19. The second kappa shape index (κ2) is 7.10. The first kappa shape index (κ1) is 19.6. The average molecular weight is 398 g/mol. The lowest BCUT2D eigenvalue weighted by Crippen LogP contribution is -2.40. The minimum Gasteiger partial charge on any atom is -0.345 e. The summed E-state index contributed by atoms with van der Waals surface area (Å²) in [5.41, 5.74) is -0.0114. The van der Waals surface area contributed by atoms with E-state index in [1.54, 1.807) is 4.90 Å². The van der Waals surface area contributed by atoms with Gasteiger partial charge in [0, 0.05) is 23.5 Å². The predicted octanol–water partition coefficient (Wildman–Crippen LogP) is 4.46. The highest BCUT2D eigenvalue weighted by molar-refractivity contribution is 7.14. The molecule has 0 bridgehead atoms. The highest BCUT2D eigenvalue weighted by Gasteiger charge is 2.34. The maximum atomic E-state index is 12.7. The molecule has 0 spiro atoms. The molecule has 1 aliphatic rings. The zero-order chi connectivity index (χ0) is 19.8. The van der Waals surface area contributed by atoms with Gasteiger partial charge in [-0.05, 0) is 25.0 Å². The van der Waals surface area contributed by atoms with Gasteiger partial charge in [-0.1, -0.05) is 20.8 Å². The van der Waals surface area contributed by atoms with Gasteiger partial charge in [0.2, 0.25) is 5.91 Å². The number of thiazole rings is 1. The van der Waals surface area contributed by atoms with E-state index in [0.29, 0.717) is 23.9 Å². The standard InChI is InChI=1S/C18H21F3N4OS/c1-17(2,3)13-10-27-16(23-13)24-15(26)12-5-4-8-25(12)14-7-6-11(9-22-14)18(19,20)21/h6-7,9-10,12H,4-5,8H2,1-3H3,(H,23,24,26)/t12-/m0/s1. The Morgan fingerprint density at radius 1 is 1.30 bits per heavy atom. The zero-order valence-electron chi connectivity index (χ0n) is 15.3. The van der Waals surface area contributed by atoms with Crippen molar-refractivity contribution >= 4 is 28.2 Å². The molecule has 0 unspecified atom stereocenters. The van der Waals surface area contributed by atoms with Crippen LogP contribution in [-0.4, -0.2) is 28.5 Å². The molecule has 0 aromatic carbocycles. The van der Waals surface area contributed by atoms with Crippen molar-refractivity contribution < 1.29 is 18.0 Å². The molecule has 1 amide bonds. The van der Waals surface area contributed by atoms with E-state index in [9.17, 15) is 18.0 Å². The van der Waals surface area contributed by atoms with Crippen molar-refractivity contribution in [2.75, 3.05) is 16.8 Å². The van der Waals surface area contributed by atoms with Crippen LogP contribution in [0.5, 0.6) is 0 Å². The Hall–Kier alpha value is -2.16. The zero-order valence-corrected chi connectivity index (χ0v) is 16.1. The van der Waals surface area contributed by atoms with Crippen molar-refractivity contribution in [1.29, 1.82) is 0 Å². The van der Waals surface area contributed by atoms with Crippen LogP contribution in [0.3, 0.4) is 0 Å². The molecule has 3 heterocycles. The van der Waals surface area contributed by atoms with Crippen LogP contribution in [0.25, 0.3) is 0 Å². The quantitative estimate of drug-likeness (QED) is 0.829. The van der Waals surface area contributed by atoms with E-state index in [-0.39, 0.29) is 11.3 Å². The van der Waals surface area contributed by atoms with Gasteiger partial charge >= 0.3 is 6.18 Å². The van der Waals surface area contributed by atoms with Crippen LogP contribution in [0.1, 0.15) is 44.9 Å². The number of nitrogens with one attached hydrogen (secondary N) is 1. The number of amides is 1. The lowest BCUT2D eigenvalue weighted by atomic mass is 9.93. The topological polar surface area (TPSA) is 58.1 Å². The predicted molar refractivity (Wildman–Crippen MR) is 99.1 cm³/mol. The van der Waals surface area contributed by atoms with Crippen molar-refractivity contribution in [3.05, 3.63) is 35.0 Å². The monoisotopic (exact) mass is 398 g/mol. The number of nitrogens with zero attached hydrogens (tertiary/aromatic N) is 3. The van der Waals surface area contributed by atoms with E-state index in [4.69, 9.17) is 0 Å². The Labute approximate surface area is 159 Å². The van der Waals surface area contributed by atoms with Gasteiger partial charge in [0.1, 0.15) is 11.9 Å². The van der Waals surface area contributed by atoms with Gasteiger partial charge in [-0.2, -0.15) is 13.2 Å². The summed E-state index contributed by atoms with van der Waals surface area (Å²) in [6.45, 7) is 6.70. The molecule has 3 rings (SSSR count). The maximum absolute atomic E-state index is 12.7. The minimum atomic E-state index is -4.43. The number of halogens is 3. The second-order valence-corrected chi connectivity index (χ2v) is 8.39. The molecule has 0 saturated carbocycles. The van der Waals surface area contributed by atoms with Gasteiger partial charge in [-0.15, -0.1) is 11.3 Å². The van der Waals surface area contributed by atoms with Gasteiger partial charge in [0.05, 0.1) is 11.3 Å². The van der Waals surface area contributed by atoms with E-state index in [1.807, 2.05) is 26.2 Å². The number of rotatable bonds is 3. The van der Waals surface area contributed by atoms with Crippen LogP contribution in [0.15, 0.2) is 23.7 Å². The third kappa shape index (κ3) is 4.40. The van der Waals surface area contributed by atoms with E-state index in [0.717, 1.165) is 24.4 Å². The smallest absolute Gasteiger partial charge is 0.345 e. The number of anilines is 2. The number of alkyl halides is 3. The van der Waals surface area contributed by atoms with Crippen molar-refractivity contribution in [3.8, 4) is 0 Å². The highest BCUT2D eigenvalue weighted by atomic mass is 32.1. The number of aromatic nitrogens is 2. The molecule has 146 valence electrons. The van der Waals surface area contributed by atoms with Gasteiger partial charge < -0.3 is 10.2 Å². The Morgan fingerprint density at radius 3 is 2.59 bits per heavy atom. The third-order valence-electron chi connectivity index (χ3n) is 4.43. The number of pyridine rings is 1. The van der Waals surface area contributed by atoms with Gasteiger partial charge in [-0.25, -0.2) is 9.97 Å². The molecule has 1 saturated heterocycles. The lowest BCUT2D eigenvalue weighted by Gasteiger charge is -2.24. The van der Waals surface area contributed by atoms with Crippen LogP contribution >= 0.6 is 11.3 Å². The number of hydrogen-bond acceptors (Lipinski definition) is 5. The molecule has 5 nitrogen and oxygen atoms in total. The average Bonchev–Trinajstić information content (AvgIpc) is 3.22. The molecule has 2 aromatic heterocycles. The van der Waals surface area contributed by atoms with Crippen molar-refractivity contribution in [2.24, 2.45) is 0 Å². The Balaban J connectivity index is 1.72. The normalized spacial score (nSPS) is 18.0. The van der Waals surface area contributed by atoms with Crippen molar-refractivity contribution in [3.63, 3.8) is 0 Å². The molecule has 1 atom stereocenters. The first-order valence-corrected chi connectivity index (χ1v) is 9.50. The van der Waals surface area contributed by atoms with E-state index >= 15 is 0 Å². The van der Waals surface area contributed by atoms with Crippen LogP contribution in [0, 0.1) is 0 Å². The van der Waals surface area contributed by atoms with E-state index in [1.165, 1.54) is 17.4 Å². The molecule has 0 aliphatic carbocycles. The van der Waals surface area contributed by atoms with E-state index < -0.39 is 17.8 Å². The first-order valence-electron chi connectivity index (χ1n) is 8.62. The molecule has 1 N–H and O–H groups in total. The molecule has 9 heteroatoms. The van der Waals surface area contributed by atoms with Gasteiger partial charge in [0.25, 0.3) is 0 Å². The minimum absolute atomic E-state index is 0.108. The molecule has 27 heavy (non-hydrogen) atoms. The van der Waals surface area contributed by atoms with Crippen LogP contribution in [0.4, 0.5) is 24.1 Å².